The summed E-state index contributed by atoms with van der Waals surface area (Å²) in [5.41, 5.74) is 5.42. The normalized spacial score (nSPS) is 25.8. The standard InChI is InChI=1S/C19H20N2O/c1-20-10-9-17-15(11-20)14-6-4-8-18-19(14)21(17)16-7-3-2-5-13(16)12-22-18/h2-8,15,17H,9-12H2,1H3/t15-,17-/m0/s1. The van der Waals surface area contributed by atoms with Gasteiger partial charge in [-0.05, 0) is 37.7 Å². The Morgan fingerprint density at radius 2 is 2.00 bits per heavy atom. The van der Waals surface area contributed by atoms with E-state index in [-0.39, 0.29) is 0 Å². The van der Waals surface area contributed by atoms with Gasteiger partial charge in [0.05, 0.1) is 5.69 Å². The summed E-state index contributed by atoms with van der Waals surface area (Å²) in [7, 11) is 2.23. The monoisotopic (exact) mass is 292 g/mol. The summed E-state index contributed by atoms with van der Waals surface area (Å²) in [6, 6.07) is 15.9. The number of piperidine rings is 1. The van der Waals surface area contributed by atoms with Crippen LogP contribution >= 0.6 is 0 Å². The first-order valence-electron chi connectivity index (χ1n) is 8.14. The van der Waals surface area contributed by atoms with E-state index in [1.165, 1.54) is 35.5 Å². The van der Waals surface area contributed by atoms with Gasteiger partial charge in [0, 0.05) is 29.8 Å². The second kappa shape index (κ2) is 4.50. The Kier molecular flexibility index (Phi) is 2.56. The quantitative estimate of drug-likeness (QED) is 0.739. The Balaban J connectivity index is 1.75. The van der Waals surface area contributed by atoms with Gasteiger partial charge in [0.1, 0.15) is 12.4 Å². The molecule has 0 bridgehead atoms. The van der Waals surface area contributed by atoms with Gasteiger partial charge in [-0.2, -0.15) is 0 Å². The Bertz CT molecular complexity index is 742. The molecule has 1 saturated heterocycles. The molecule has 22 heavy (non-hydrogen) atoms. The van der Waals surface area contributed by atoms with Gasteiger partial charge in [0.2, 0.25) is 0 Å². The average Bonchev–Trinajstić information content (AvgIpc) is 2.77. The molecule has 2 aromatic carbocycles. The number of fused-ring (bicyclic) bond motifs is 5. The van der Waals surface area contributed by atoms with Crippen molar-refractivity contribution in [2.24, 2.45) is 0 Å². The van der Waals surface area contributed by atoms with Gasteiger partial charge in [0.15, 0.2) is 0 Å². The van der Waals surface area contributed by atoms with Gasteiger partial charge >= 0.3 is 0 Å². The lowest BCUT2D eigenvalue weighted by Crippen LogP contribution is -2.43. The molecule has 0 saturated carbocycles. The molecule has 0 radical (unpaired) electrons. The molecule has 3 aliphatic heterocycles. The smallest absolute Gasteiger partial charge is 0.143 e. The number of rotatable bonds is 0. The van der Waals surface area contributed by atoms with Gasteiger partial charge in [-0.25, -0.2) is 0 Å². The van der Waals surface area contributed by atoms with Crippen molar-refractivity contribution in [3.8, 4) is 5.75 Å². The van der Waals surface area contributed by atoms with Crippen LogP contribution in [-0.4, -0.2) is 31.1 Å². The van der Waals surface area contributed by atoms with E-state index in [0.29, 0.717) is 18.6 Å². The minimum absolute atomic E-state index is 0.565. The van der Waals surface area contributed by atoms with E-state index in [2.05, 4.69) is 59.3 Å². The molecule has 5 rings (SSSR count). The molecule has 3 nitrogen and oxygen atoms in total. The Morgan fingerprint density at radius 1 is 1.09 bits per heavy atom. The first-order valence-corrected chi connectivity index (χ1v) is 8.14. The van der Waals surface area contributed by atoms with E-state index in [1.54, 1.807) is 0 Å². The van der Waals surface area contributed by atoms with E-state index in [1.807, 2.05) is 0 Å². The molecule has 2 atom stereocenters. The van der Waals surface area contributed by atoms with Crippen LogP contribution in [0.1, 0.15) is 23.5 Å². The predicted octanol–water partition coefficient (Wildman–Crippen LogP) is 3.52. The number of hydrogen-bond acceptors (Lipinski definition) is 3. The van der Waals surface area contributed by atoms with Crippen LogP contribution in [0.15, 0.2) is 42.5 Å². The fourth-order valence-corrected chi connectivity index (χ4v) is 4.42. The van der Waals surface area contributed by atoms with Gasteiger partial charge in [-0.1, -0.05) is 30.3 Å². The molecule has 3 heterocycles. The third kappa shape index (κ3) is 1.60. The zero-order chi connectivity index (χ0) is 14.7. The maximum absolute atomic E-state index is 6.14. The van der Waals surface area contributed by atoms with Crippen molar-refractivity contribution in [1.29, 1.82) is 0 Å². The Hall–Kier alpha value is -2.00. The molecule has 3 aliphatic rings. The molecule has 0 aliphatic carbocycles. The number of anilines is 2. The third-order valence-electron chi connectivity index (χ3n) is 5.42. The molecule has 0 spiro atoms. The van der Waals surface area contributed by atoms with Crippen molar-refractivity contribution in [2.75, 3.05) is 25.0 Å². The molecule has 0 N–H and O–H groups in total. The number of ether oxygens (including phenoxy) is 1. The summed E-state index contributed by atoms with van der Waals surface area (Å²) >= 11 is 0. The fourth-order valence-electron chi connectivity index (χ4n) is 4.42. The molecule has 112 valence electrons. The van der Waals surface area contributed by atoms with Gasteiger partial charge in [0.25, 0.3) is 0 Å². The van der Waals surface area contributed by atoms with Crippen molar-refractivity contribution < 1.29 is 4.74 Å². The zero-order valence-corrected chi connectivity index (χ0v) is 12.8. The summed E-state index contributed by atoms with van der Waals surface area (Å²) in [4.78, 5) is 5.03. The molecule has 3 heteroatoms. The summed E-state index contributed by atoms with van der Waals surface area (Å²) in [5.74, 6) is 1.63. The Morgan fingerprint density at radius 3 is 2.95 bits per heavy atom. The van der Waals surface area contributed by atoms with Crippen LogP contribution in [0.3, 0.4) is 0 Å². The molecule has 2 aromatic rings. The van der Waals surface area contributed by atoms with E-state index >= 15 is 0 Å². The van der Waals surface area contributed by atoms with E-state index < -0.39 is 0 Å². The SMILES string of the molecule is CN1CC[C@H]2[C@@H](C1)c1cccc3c1N2c1ccccc1CO3. The van der Waals surface area contributed by atoms with Crippen LogP contribution in [0.2, 0.25) is 0 Å². The number of hydrogen-bond donors (Lipinski definition) is 0. The van der Waals surface area contributed by atoms with E-state index in [4.69, 9.17) is 4.74 Å². The molecule has 0 amide bonds. The van der Waals surface area contributed by atoms with Crippen molar-refractivity contribution in [3.05, 3.63) is 53.6 Å². The van der Waals surface area contributed by atoms with Crippen molar-refractivity contribution >= 4 is 11.4 Å². The minimum Gasteiger partial charge on any atom is -0.487 e. The highest BCUT2D eigenvalue weighted by Gasteiger charge is 2.44. The number of benzene rings is 2. The topological polar surface area (TPSA) is 15.7 Å². The van der Waals surface area contributed by atoms with E-state index in [9.17, 15) is 0 Å². The van der Waals surface area contributed by atoms with Crippen LogP contribution in [0.4, 0.5) is 11.4 Å². The summed E-state index contributed by atoms with van der Waals surface area (Å²) in [5, 5.41) is 0. The largest absolute Gasteiger partial charge is 0.487 e. The highest BCUT2D eigenvalue weighted by Crippen LogP contribution is 2.54. The third-order valence-corrected chi connectivity index (χ3v) is 5.42. The van der Waals surface area contributed by atoms with Gasteiger partial charge in [-0.3, -0.25) is 0 Å². The zero-order valence-electron chi connectivity index (χ0n) is 12.8. The summed E-state index contributed by atoms with van der Waals surface area (Å²) in [6.07, 6.45) is 1.21. The van der Waals surface area contributed by atoms with Crippen LogP contribution < -0.4 is 9.64 Å². The van der Waals surface area contributed by atoms with Crippen LogP contribution in [0, 0.1) is 0 Å². The first kappa shape index (κ1) is 12.5. The second-order valence-corrected chi connectivity index (χ2v) is 6.71. The number of likely N-dealkylation sites (N-methyl/N-ethyl adjacent to an activating group) is 1. The summed E-state index contributed by atoms with van der Waals surface area (Å²) < 4.78 is 6.14. The van der Waals surface area contributed by atoms with Crippen LogP contribution in [0.25, 0.3) is 0 Å². The number of nitrogens with zero attached hydrogens (tertiary/aromatic N) is 2. The van der Waals surface area contributed by atoms with Gasteiger partial charge < -0.3 is 14.5 Å². The highest BCUT2D eigenvalue weighted by atomic mass is 16.5. The van der Waals surface area contributed by atoms with Crippen molar-refractivity contribution in [1.82, 2.24) is 4.90 Å². The second-order valence-electron chi connectivity index (χ2n) is 6.71. The summed E-state index contributed by atoms with van der Waals surface area (Å²) in [6.45, 7) is 2.98. The van der Waals surface area contributed by atoms with Crippen molar-refractivity contribution in [3.63, 3.8) is 0 Å². The Labute approximate surface area is 131 Å². The number of likely N-dealkylation sites (tertiary alicyclic amines) is 1. The van der Waals surface area contributed by atoms with Crippen LogP contribution in [0.5, 0.6) is 5.75 Å². The lowest BCUT2D eigenvalue weighted by Gasteiger charge is -2.37. The maximum Gasteiger partial charge on any atom is 0.143 e. The van der Waals surface area contributed by atoms with Crippen LogP contribution in [-0.2, 0) is 6.61 Å². The molecule has 1 fully saturated rings. The average molecular weight is 292 g/mol. The van der Waals surface area contributed by atoms with Crippen molar-refractivity contribution in [2.45, 2.75) is 25.0 Å². The predicted molar refractivity (Wildman–Crippen MR) is 88.0 cm³/mol. The highest BCUT2D eigenvalue weighted by molar-refractivity contribution is 5.80. The lowest BCUT2D eigenvalue weighted by molar-refractivity contribution is 0.236. The maximum atomic E-state index is 6.14. The number of para-hydroxylation sites is 2. The lowest BCUT2D eigenvalue weighted by atomic mass is 9.89. The first-order chi connectivity index (χ1) is 10.8. The van der Waals surface area contributed by atoms with E-state index in [0.717, 1.165) is 12.3 Å². The molecular formula is C19H20N2O. The molecular weight excluding hydrogens is 272 g/mol. The minimum atomic E-state index is 0.565. The fraction of sp³-hybridized carbons (Fsp3) is 0.368. The molecule has 0 aromatic heterocycles. The van der Waals surface area contributed by atoms with Gasteiger partial charge in [-0.15, -0.1) is 0 Å². The molecule has 0 unspecified atom stereocenters.